The third-order valence-corrected chi connectivity index (χ3v) is 5.64. The maximum Gasteiger partial charge on any atom is 0.310 e. The van der Waals surface area contributed by atoms with Crippen LogP contribution in [-0.4, -0.2) is 23.3 Å². The predicted octanol–water partition coefficient (Wildman–Crippen LogP) is 5.44. The van der Waals surface area contributed by atoms with Crippen LogP contribution < -0.4 is 4.74 Å². The van der Waals surface area contributed by atoms with Crippen LogP contribution in [0.1, 0.15) is 34.8 Å². The Hall–Kier alpha value is -3.45. The lowest BCUT2D eigenvalue weighted by Gasteiger charge is -2.12. The highest BCUT2D eigenvalue weighted by molar-refractivity contribution is 7.12. The number of ketones is 1. The highest BCUT2D eigenvalue weighted by atomic mass is 32.1. The molecule has 158 valence electrons. The number of hydrogen-bond acceptors (Lipinski definition) is 7. The number of carbonyl (C=O) groups excluding carboxylic acids is 2. The maximum atomic E-state index is 11.9. The number of hydrogen-bond donors (Lipinski definition) is 0. The first-order valence-electron chi connectivity index (χ1n) is 9.88. The summed E-state index contributed by atoms with van der Waals surface area (Å²) in [5, 5.41) is 3.24. The Bertz CT molecular complexity index is 1240. The van der Waals surface area contributed by atoms with Gasteiger partial charge in [0, 0.05) is 28.8 Å². The van der Waals surface area contributed by atoms with Crippen molar-refractivity contribution in [2.24, 2.45) is 0 Å². The Morgan fingerprint density at radius 1 is 1.16 bits per heavy atom. The molecule has 0 N–H and O–H groups in total. The molecule has 0 radical (unpaired) electrons. The second kappa shape index (κ2) is 9.14. The summed E-state index contributed by atoms with van der Waals surface area (Å²) in [7, 11) is 0. The van der Waals surface area contributed by atoms with Crippen molar-refractivity contribution in [3.05, 3.63) is 70.2 Å². The fraction of sp³-hybridized carbons (Fsp3) is 0.208. The predicted molar refractivity (Wildman–Crippen MR) is 118 cm³/mol. The van der Waals surface area contributed by atoms with Crippen molar-refractivity contribution in [3.63, 3.8) is 0 Å². The normalized spacial score (nSPS) is 10.9. The summed E-state index contributed by atoms with van der Waals surface area (Å²) in [5.41, 5.74) is 3.92. The second-order valence-electron chi connectivity index (χ2n) is 6.95. The number of thiazole rings is 1. The minimum absolute atomic E-state index is 0.0652. The number of benzene rings is 2. The molecule has 0 unspecified atom stereocenters. The smallest absolute Gasteiger partial charge is 0.310 e. The highest BCUT2D eigenvalue weighted by Gasteiger charge is 2.15. The summed E-state index contributed by atoms with van der Waals surface area (Å²) in [6.45, 7) is 3.93. The zero-order chi connectivity index (χ0) is 21.8. The van der Waals surface area contributed by atoms with Gasteiger partial charge in [0.25, 0.3) is 0 Å². The SMILES string of the molecule is CCOC(=O)Cc1ccccc1OCc1cc(-c2csc(C(C)=O)n2)c2occc2c1. The Morgan fingerprint density at radius 2 is 2.00 bits per heavy atom. The van der Waals surface area contributed by atoms with E-state index in [0.29, 0.717) is 35.2 Å². The van der Waals surface area contributed by atoms with Gasteiger partial charge in [-0.1, -0.05) is 18.2 Å². The number of aromatic nitrogens is 1. The molecular weight excluding hydrogens is 414 g/mol. The zero-order valence-electron chi connectivity index (χ0n) is 17.2. The molecule has 4 aromatic rings. The summed E-state index contributed by atoms with van der Waals surface area (Å²) < 4.78 is 16.8. The number of nitrogens with zero attached hydrogens (tertiary/aromatic N) is 1. The fourth-order valence-corrected chi connectivity index (χ4v) is 4.02. The lowest BCUT2D eigenvalue weighted by Crippen LogP contribution is -2.09. The summed E-state index contributed by atoms with van der Waals surface area (Å²) in [6, 6.07) is 13.3. The zero-order valence-corrected chi connectivity index (χ0v) is 18.0. The molecule has 0 aliphatic heterocycles. The van der Waals surface area contributed by atoms with Crippen molar-refractivity contribution < 1.29 is 23.5 Å². The Morgan fingerprint density at radius 3 is 2.77 bits per heavy atom. The standard InChI is InChI=1S/C24H21NO5S/c1-3-28-22(27)12-17-6-4-5-7-21(17)30-13-16-10-18-8-9-29-23(18)19(11-16)20-14-31-24(25-20)15(2)26/h4-11,14H,3,12-13H2,1-2H3. The summed E-state index contributed by atoms with van der Waals surface area (Å²) in [6.07, 6.45) is 1.79. The number of carbonyl (C=O) groups is 2. The number of fused-ring (bicyclic) bond motifs is 1. The number of ether oxygens (including phenoxy) is 2. The van der Waals surface area contributed by atoms with E-state index in [0.717, 1.165) is 22.1 Å². The van der Waals surface area contributed by atoms with Gasteiger partial charge < -0.3 is 13.9 Å². The van der Waals surface area contributed by atoms with E-state index in [1.807, 2.05) is 47.8 Å². The first kappa shape index (κ1) is 20.8. The van der Waals surface area contributed by atoms with Crippen LogP contribution in [0.25, 0.3) is 22.2 Å². The molecule has 0 aliphatic rings. The van der Waals surface area contributed by atoms with Crippen LogP contribution in [0.2, 0.25) is 0 Å². The highest BCUT2D eigenvalue weighted by Crippen LogP contribution is 2.32. The van der Waals surface area contributed by atoms with Crippen LogP contribution in [-0.2, 0) is 22.6 Å². The molecule has 0 amide bonds. The van der Waals surface area contributed by atoms with Gasteiger partial charge >= 0.3 is 5.97 Å². The molecule has 0 fully saturated rings. The summed E-state index contributed by atoms with van der Waals surface area (Å²) in [5.74, 6) is 0.284. The average Bonchev–Trinajstić information content (AvgIpc) is 3.42. The van der Waals surface area contributed by atoms with Gasteiger partial charge in [-0.15, -0.1) is 11.3 Å². The first-order chi connectivity index (χ1) is 15.0. The van der Waals surface area contributed by atoms with Crippen LogP contribution in [0.5, 0.6) is 5.75 Å². The summed E-state index contributed by atoms with van der Waals surface area (Å²) >= 11 is 1.31. The number of para-hydroxylation sites is 1. The molecule has 0 bridgehead atoms. The monoisotopic (exact) mass is 435 g/mol. The van der Waals surface area contributed by atoms with E-state index in [4.69, 9.17) is 13.9 Å². The van der Waals surface area contributed by atoms with Gasteiger partial charge in [-0.2, -0.15) is 0 Å². The molecule has 6 nitrogen and oxygen atoms in total. The number of esters is 1. The molecule has 0 saturated heterocycles. The van der Waals surface area contributed by atoms with Crippen molar-refractivity contribution >= 4 is 34.1 Å². The molecule has 2 aromatic heterocycles. The van der Waals surface area contributed by atoms with Gasteiger partial charge in [0.2, 0.25) is 0 Å². The molecule has 0 aliphatic carbocycles. The van der Waals surface area contributed by atoms with Crippen molar-refractivity contribution in [3.8, 4) is 17.0 Å². The molecule has 2 heterocycles. The van der Waals surface area contributed by atoms with Crippen LogP contribution in [0, 0.1) is 0 Å². The number of rotatable bonds is 8. The van der Waals surface area contributed by atoms with Gasteiger partial charge in [-0.25, -0.2) is 4.98 Å². The quantitative estimate of drug-likeness (QED) is 0.271. The first-order valence-corrected chi connectivity index (χ1v) is 10.8. The number of Topliss-reactive ketones (excluding diaryl/α,β-unsaturated/α-hetero) is 1. The van der Waals surface area contributed by atoms with E-state index < -0.39 is 0 Å². The van der Waals surface area contributed by atoms with E-state index in [2.05, 4.69) is 4.98 Å². The molecule has 2 aromatic carbocycles. The Kier molecular flexibility index (Phi) is 6.13. The maximum absolute atomic E-state index is 11.9. The van der Waals surface area contributed by atoms with E-state index in [1.54, 1.807) is 13.2 Å². The lowest BCUT2D eigenvalue weighted by molar-refractivity contribution is -0.142. The van der Waals surface area contributed by atoms with Crippen LogP contribution >= 0.6 is 11.3 Å². The lowest BCUT2D eigenvalue weighted by atomic mass is 10.1. The van der Waals surface area contributed by atoms with E-state index in [9.17, 15) is 9.59 Å². The Balaban J connectivity index is 1.60. The van der Waals surface area contributed by atoms with Crippen molar-refractivity contribution in [2.45, 2.75) is 26.9 Å². The van der Waals surface area contributed by atoms with Crippen LogP contribution in [0.15, 0.2) is 58.5 Å². The molecule has 4 rings (SSSR count). The third kappa shape index (κ3) is 4.67. The summed E-state index contributed by atoms with van der Waals surface area (Å²) in [4.78, 5) is 28.0. The minimum Gasteiger partial charge on any atom is -0.489 e. The van der Waals surface area contributed by atoms with E-state index >= 15 is 0 Å². The van der Waals surface area contributed by atoms with E-state index in [-0.39, 0.29) is 18.2 Å². The largest absolute Gasteiger partial charge is 0.489 e. The van der Waals surface area contributed by atoms with E-state index in [1.165, 1.54) is 18.3 Å². The van der Waals surface area contributed by atoms with Crippen molar-refractivity contribution in [2.75, 3.05) is 6.61 Å². The molecule has 0 spiro atoms. The van der Waals surface area contributed by atoms with Crippen molar-refractivity contribution in [1.82, 2.24) is 4.98 Å². The molecule has 0 saturated carbocycles. The topological polar surface area (TPSA) is 78.6 Å². The van der Waals surface area contributed by atoms with Crippen molar-refractivity contribution in [1.29, 1.82) is 0 Å². The second-order valence-corrected chi connectivity index (χ2v) is 7.81. The average molecular weight is 436 g/mol. The fourth-order valence-electron chi connectivity index (χ4n) is 3.30. The van der Waals surface area contributed by atoms with Crippen LogP contribution in [0.3, 0.4) is 0 Å². The minimum atomic E-state index is -0.287. The molecule has 7 heteroatoms. The third-order valence-electron chi connectivity index (χ3n) is 4.70. The van der Waals surface area contributed by atoms with Gasteiger partial charge in [-0.05, 0) is 36.8 Å². The Labute approximate surface area is 183 Å². The number of furan rings is 1. The molecular formula is C24H21NO5S. The van der Waals surface area contributed by atoms with Gasteiger partial charge in [0.15, 0.2) is 10.8 Å². The van der Waals surface area contributed by atoms with Gasteiger partial charge in [0.1, 0.15) is 17.9 Å². The van der Waals surface area contributed by atoms with Gasteiger partial charge in [0.05, 0.1) is 25.0 Å². The molecule has 0 atom stereocenters. The van der Waals surface area contributed by atoms with Crippen LogP contribution in [0.4, 0.5) is 0 Å². The van der Waals surface area contributed by atoms with Gasteiger partial charge in [-0.3, -0.25) is 9.59 Å². The molecule has 31 heavy (non-hydrogen) atoms.